The maximum atomic E-state index is 13.2. The van der Waals surface area contributed by atoms with Crippen LogP contribution in [0, 0.1) is 0 Å². The molecule has 8 rings (SSSR count). The van der Waals surface area contributed by atoms with E-state index in [4.69, 9.17) is 0 Å². The molecule has 0 bridgehead atoms. The van der Waals surface area contributed by atoms with Crippen LogP contribution in [0.15, 0.2) is 122 Å². The number of nitrogens with zero attached hydrogens (tertiary/aromatic N) is 6. The molecule has 4 aromatic heterocycles. The number of anilines is 6. The van der Waals surface area contributed by atoms with Gasteiger partial charge in [-0.05, 0) is 140 Å². The number of hydrogen-bond donors (Lipinski definition) is 6. The van der Waals surface area contributed by atoms with Gasteiger partial charge in [0.25, 0.3) is 11.8 Å². The fourth-order valence-electron chi connectivity index (χ4n) is 8.93. The molecule has 0 atom stereocenters. The first-order chi connectivity index (χ1) is 33.7. The highest BCUT2D eigenvalue weighted by atomic mass is 28.4. The van der Waals surface area contributed by atoms with Crippen LogP contribution in [0.5, 0.6) is 0 Å². The molecule has 6 aromatic rings. The van der Waals surface area contributed by atoms with E-state index in [-0.39, 0.29) is 28.6 Å². The summed E-state index contributed by atoms with van der Waals surface area (Å²) in [6.45, 7) is 19.8. The van der Waals surface area contributed by atoms with Crippen molar-refractivity contribution < 1.29 is 24.0 Å². The van der Waals surface area contributed by atoms with Crippen molar-refractivity contribution in [1.82, 2.24) is 19.9 Å². The van der Waals surface area contributed by atoms with Crippen molar-refractivity contribution in [2.75, 3.05) is 50.7 Å². The van der Waals surface area contributed by atoms with E-state index in [0.717, 1.165) is 52.9 Å². The highest BCUT2D eigenvalue weighted by Crippen LogP contribution is 2.44. The Morgan fingerprint density at radius 3 is 1.56 bits per heavy atom. The van der Waals surface area contributed by atoms with Crippen LogP contribution in [0.2, 0.25) is 38.3 Å². The monoisotopic (exact) mass is 992 g/mol. The lowest BCUT2D eigenvalue weighted by atomic mass is 9.87. The molecule has 17 heteroatoms. The summed E-state index contributed by atoms with van der Waals surface area (Å²) < 4.78 is 0. The molecule has 2 aliphatic rings. The molecule has 15 nitrogen and oxygen atoms in total. The van der Waals surface area contributed by atoms with Gasteiger partial charge in [0.2, 0.25) is 5.91 Å². The minimum absolute atomic E-state index is 0.0203. The number of carbonyl (C=O) groups is 3. The molecule has 0 fully saturated rings. The van der Waals surface area contributed by atoms with Crippen LogP contribution in [0.3, 0.4) is 0 Å². The smallest absolute Gasteiger partial charge is 0.259 e. The van der Waals surface area contributed by atoms with Crippen LogP contribution in [-0.2, 0) is 28.7 Å². The number of amides is 3. The van der Waals surface area contributed by atoms with Crippen LogP contribution in [0.1, 0.15) is 83.5 Å². The summed E-state index contributed by atoms with van der Waals surface area (Å²) in [6, 6.07) is 28.0. The SMILES string of the molecule is CC1(C)CN(C(=O)CCC[Si](C)(C)O)c2cc(NC(=O)c3cccnc3NCc3ccncc3)ccc21.CC1(C)CN(CC[Si](C)(C)O)c2cc(NC(=O)c3cccnc3NCc3ccncc3)ccc21. The Labute approximate surface area is 419 Å². The summed E-state index contributed by atoms with van der Waals surface area (Å²) >= 11 is 0. The van der Waals surface area contributed by atoms with Crippen LogP contribution in [0.4, 0.5) is 34.4 Å². The minimum atomic E-state index is -2.18. The number of carbonyl (C=O) groups excluding carboxylic acids is 3. The zero-order chi connectivity index (χ0) is 51.0. The molecule has 0 radical (unpaired) electrons. The average Bonchev–Trinajstić information content (AvgIpc) is 3.76. The van der Waals surface area contributed by atoms with E-state index >= 15 is 0 Å². The largest absolute Gasteiger partial charge is 0.432 e. The minimum Gasteiger partial charge on any atom is -0.432 e. The maximum Gasteiger partial charge on any atom is 0.259 e. The first-order valence-corrected chi connectivity index (χ1v) is 30.5. The first-order valence-electron chi connectivity index (χ1n) is 24.2. The Morgan fingerprint density at radius 1 is 0.606 bits per heavy atom. The average molecular weight is 993 g/mol. The molecule has 6 heterocycles. The third-order valence-corrected chi connectivity index (χ3v) is 15.8. The van der Waals surface area contributed by atoms with Crippen LogP contribution in [-0.4, -0.2) is 83.5 Å². The standard InChI is InChI=1S/C28H35N5O3Si.C26H33N5O2Si/c1-28(2)19-33(25(34)8-6-16-37(3,4)36)24-17-21(9-10-23(24)28)32-27(35)22-7-5-13-30-26(22)31-18-20-11-14-29-15-12-20;1-26(2)18-31(14-15-34(3,4)33)23-16-20(7-8-22(23)26)30-25(32)21-6-5-11-28-24(21)29-17-19-9-12-27-13-10-19/h5,7,9-15,17,36H,6,8,16,18-19H2,1-4H3,(H,30,31)(H,32,35);5-13,16,33H,14-15,17-18H2,1-4H3,(H,28,29)(H,30,32). The highest BCUT2D eigenvalue weighted by molar-refractivity contribution is 6.70. The highest BCUT2D eigenvalue weighted by Gasteiger charge is 2.39. The van der Waals surface area contributed by atoms with Crippen molar-refractivity contribution >= 4 is 68.7 Å². The van der Waals surface area contributed by atoms with E-state index in [9.17, 15) is 24.0 Å². The molecule has 2 aliphatic heterocycles. The summed E-state index contributed by atoms with van der Waals surface area (Å²) in [5.74, 6) is 0.582. The van der Waals surface area contributed by atoms with Gasteiger partial charge in [-0.2, -0.15) is 0 Å². The second-order valence-corrected chi connectivity index (χ2v) is 29.2. The predicted molar refractivity (Wildman–Crippen MR) is 289 cm³/mol. The van der Waals surface area contributed by atoms with Gasteiger partial charge in [0.15, 0.2) is 16.6 Å². The Bertz CT molecular complexity index is 2820. The van der Waals surface area contributed by atoms with Crippen molar-refractivity contribution in [1.29, 1.82) is 0 Å². The Kier molecular flexibility index (Phi) is 16.2. The van der Waals surface area contributed by atoms with Gasteiger partial charge in [0.1, 0.15) is 11.6 Å². The second-order valence-electron chi connectivity index (χ2n) is 21.0. The second kappa shape index (κ2) is 22.1. The normalized spacial score (nSPS) is 14.4. The zero-order valence-corrected chi connectivity index (χ0v) is 44.2. The van der Waals surface area contributed by atoms with Gasteiger partial charge in [-0.3, -0.25) is 24.4 Å². The molecule has 0 unspecified atom stereocenters. The third kappa shape index (κ3) is 14.0. The lowest BCUT2D eigenvalue weighted by Gasteiger charge is -2.25. The van der Waals surface area contributed by atoms with E-state index in [1.54, 1.807) is 61.4 Å². The van der Waals surface area contributed by atoms with Crippen molar-refractivity contribution in [3.63, 3.8) is 0 Å². The molecule has 0 spiro atoms. The fraction of sp³-hybridized carbons (Fsp3) is 0.352. The van der Waals surface area contributed by atoms with E-state index in [1.165, 1.54) is 5.56 Å². The number of pyridine rings is 4. The Morgan fingerprint density at radius 2 is 1.07 bits per heavy atom. The molecule has 71 heavy (non-hydrogen) atoms. The summed E-state index contributed by atoms with van der Waals surface area (Å²) in [4.78, 5) is 80.9. The molecule has 0 aliphatic carbocycles. The van der Waals surface area contributed by atoms with Gasteiger partial charge in [-0.1, -0.05) is 39.8 Å². The molecule has 0 saturated carbocycles. The topological polar surface area (TPSA) is 198 Å². The molecular formula is C54H68N10O5Si2. The molecule has 372 valence electrons. The van der Waals surface area contributed by atoms with Crippen molar-refractivity contribution in [3.8, 4) is 0 Å². The summed E-state index contributed by atoms with van der Waals surface area (Å²) in [7, 11) is -4.33. The predicted octanol–water partition coefficient (Wildman–Crippen LogP) is 9.58. The van der Waals surface area contributed by atoms with E-state index in [0.29, 0.717) is 67.0 Å². The van der Waals surface area contributed by atoms with Gasteiger partial charge in [0.05, 0.1) is 11.1 Å². The van der Waals surface area contributed by atoms with Crippen molar-refractivity contribution in [2.24, 2.45) is 0 Å². The fourth-order valence-corrected chi connectivity index (χ4v) is 10.8. The van der Waals surface area contributed by atoms with Crippen LogP contribution in [0.25, 0.3) is 0 Å². The molecule has 3 amide bonds. The van der Waals surface area contributed by atoms with E-state index in [2.05, 4.69) is 79.9 Å². The van der Waals surface area contributed by atoms with Crippen molar-refractivity contribution in [2.45, 2.75) is 103 Å². The number of fused-ring (bicyclic) bond motifs is 2. The number of benzene rings is 2. The lowest BCUT2D eigenvalue weighted by molar-refractivity contribution is -0.118. The lowest BCUT2D eigenvalue weighted by Crippen LogP contribution is -2.35. The van der Waals surface area contributed by atoms with Gasteiger partial charge in [0, 0.05) is 110 Å². The Hall–Kier alpha value is -6.80. The molecule has 0 saturated heterocycles. The maximum absolute atomic E-state index is 13.2. The van der Waals surface area contributed by atoms with E-state index in [1.807, 2.05) is 85.7 Å². The van der Waals surface area contributed by atoms with E-state index < -0.39 is 16.6 Å². The van der Waals surface area contributed by atoms with Crippen LogP contribution >= 0.6 is 0 Å². The molecule has 2 aromatic carbocycles. The zero-order valence-electron chi connectivity index (χ0n) is 42.2. The van der Waals surface area contributed by atoms with Gasteiger partial charge >= 0.3 is 0 Å². The quantitative estimate of drug-likeness (QED) is 0.0474. The van der Waals surface area contributed by atoms with Gasteiger partial charge in [-0.25, -0.2) is 9.97 Å². The van der Waals surface area contributed by atoms with Gasteiger partial charge in [-0.15, -0.1) is 0 Å². The summed E-state index contributed by atoms with van der Waals surface area (Å²) in [6.07, 6.45) is 11.3. The number of rotatable bonds is 17. The number of nitrogens with one attached hydrogen (secondary N) is 4. The summed E-state index contributed by atoms with van der Waals surface area (Å²) in [5.41, 5.74) is 8.51. The summed E-state index contributed by atoms with van der Waals surface area (Å²) in [5, 5.41) is 12.5. The van der Waals surface area contributed by atoms with Gasteiger partial charge < -0.3 is 40.7 Å². The number of hydrogen-bond acceptors (Lipinski definition) is 12. The Balaban J connectivity index is 0.000000209. The molecular weight excluding hydrogens is 925 g/mol. The third-order valence-electron chi connectivity index (χ3n) is 12.7. The van der Waals surface area contributed by atoms with Crippen molar-refractivity contribution in [3.05, 3.63) is 155 Å². The number of aromatic nitrogens is 4. The first kappa shape index (κ1) is 52.0. The molecule has 6 N–H and O–H groups in total. The van der Waals surface area contributed by atoms with Crippen LogP contribution < -0.4 is 31.1 Å².